The second kappa shape index (κ2) is 18.0. The van der Waals surface area contributed by atoms with Crippen LogP contribution in [0.25, 0.3) is 49.9 Å². The fourth-order valence-corrected chi connectivity index (χ4v) is 10.3. The van der Waals surface area contributed by atoms with Crippen LogP contribution >= 0.6 is 0 Å². The summed E-state index contributed by atoms with van der Waals surface area (Å²) in [6.07, 6.45) is 6.32. The van der Waals surface area contributed by atoms with Crippen molar-refractivity contribution in [2.45, 2.75) is 64.7 Å². The standard InChI is InChI=1S/C66H60N4O/c1-64(2,3)52-33-34-67-62(42-52)70-60-30-20-29-59(66(6,7)51-27-18-11-19-28-51)63(60)58-32-31-56(44-61(58)70)71-57-40-49(47-23-14-9-15-24-47)39-55(43-57)69-36-35-68(45-69)54-38-48(46-21-12-8-13-22-46)37-53(41-54)65(4,5)50-25-16-10-17-26-50/h8-44H,45H2,1-7H3. The van der Waals surface area contributed by atoms with Crippen LogP contribution in [-0.2, 0) is 16.2 Å². The van der Waals surface area contributed by atoms with Crippen molar-refractivity contribution in [2.75, 3.05) is 16.5 Å². The molecule has 3 heterocycles. The third kappa shape index (κ3) is 8.67. The number of aromatic nitrogens is 2. The number of ether oxygens (including phenoxy) is 1. The number of hydrogen-bond donors (Lipinski definition) is 0. The molecule has 0 radical (unpaired) electrons. The van der Waals surface area contributed by atoms with E-state index in [-0.39, 0.29) is 16.2 Å². The molecular formula is C66H60N4O. The Morgan fingerprint density at radius 1 is 0.423 bits per heavy atom. The minimum absolute atomic E-state index is 0.0529. The van der Waals surface area contributed by atoms with Gasteiger partial charge in [-0.1, -0.05) is 188 Å². The average molecular weight is 925 g/mol. The Kier molecular flexibility index (Phi) is 11.5. The van der Waals surface area contributed by atoms with Gasteiger partial charge in [0, 0.05) is 63.7 Å². The molecule has 5 nitrogen and oxygen atoms in total. The summed E-state index contributed by atoms with van der Waals surface area (Å²) in [7, 11) is 0. The maximum absolute atomic E-state index is 7.05. The second-order valence-corrected chi connectivity index (χ2v) is 21.0. The monoisotopic (exact) mass is 924 g/mol. The second-order valence-electron chi connectivity index (χ2n) is 21.0. The molecule has 0 fully saturated rings. The van der Waals surface area contributed by atoms with Gasteiger partial charge in [0.05, 0.1) is 17.7 Å². The molecule has 8 aromatic carbocycles. The Labute approximate surface area is 419 Å². The summed E-state index contributed by atoms with van der Waals surface area (Å²) in [6, 6.07) is 74.2. The van der Waals surface area contributed by atoms with Gasteiger partial charge in [0.2, 0.25) is 0 Å². The van der Waals surface area contributed by atoms with Gasteiger partial charge in [-0.05, 0) is 110 Å². The SMILES string of the molecule is CC(C)(C)c1ccnc(-n2c3cc(Oc4cc(-c5ccccc5)cc(N5C=CN(c6cc(-c7ccccc7)cc(C(C)(C)c7ccccc7)c6)C5)c4)ccc3c3c(C(C)(C)c4ccccc4)cccc32)c1. The minimum atomic E-state index is -0.268. The lowest BCUT2D eigenvalue weighted by molar-refractivity contribution is 0.483. The quantitative estimate of drug-likeness (QED) is 0.129. The highest BCUT2D eigenvalue weighted by molar-refractivity contribution is 6.11. The molecule has 0 spiro atoms. The zero-order valence-corrected chi connectivity index (χ0v) is 41.8. The Bertz CT molecular complexity index is 3570. The molecule has 0 N–H and O–H groups in total. The summed E-state index contributed by atoms with van der Waals surface area (Å²) in [5.74, 6) is 2.39. The lowest BCUT2D eigenvalue weighted by Gasteiger charge is -2.29. The van der Waals surface area contributed by atoms with Crippen LogP contribution in [0.3, 0.4) is 0 Å². The van der Waals surface area contributed by atoms with E-state index in [4.69, 9.17) is 9.72 Å². The molecule has 0 saturated heterocycles. The Morgan fingerprint density at radius 2 is 1.00 bits per heavy atom. The fraction of sp³-hybridized carbons (Fsp3) is 0.167. The normalized spacial score (nSPS) is 13.1. The van der Waals surface area contributed by atoms with E-state index in [1.807, 2.05) is 6.20 Å². The number of anilines is 2. The summed E-state index contributed by atoms with van der Waals surface area (Å²) in [4.78, 5) is 9.69. The van der Waals surface area contributed by atoms with Crippen molar-refractivity contribution >= 4 is 33.2 Å². The van der Waals surface area contributed by atoms with Crippen LogP contribution in [0.1, 0.15) is 76.3 Å². The summed E-state index contributed by atoms with van der Waals surface area (Å²) in [5, 5.41) is 2.37. The fourth-order valence-electron chi connectivity index (χ4n) is 10.3. The molecule has 0 bridgehead atoms. The van der Waals surface area contributed by atoms with Crippen LogP contribution in [0.2, 0.25) is 0 Å². The number of nitrogens with zero attached hydrogens (tertiary/aromatic N) is 4. The van der Waals surface area contributed by atoms with E-state index in [2.05, 4.69) is 281 Å². The Hall–Kier alpha value is -8.15. The van der Waals surface area contributed by atoms with E-state index in [0.29, 0.717) is 6.67 Å². The summed E-state index contributed by atoms with van der Waals surface area (Å²) >= 11 is 0. The van der Waals surface area contributed by atoms with Crippen LogP contribution < -0.4 is 14.5 Å². The third-order valence-corrected chi connectivity index (χ3v) is 14.6. The molecule has 0 atom stereocenters. The molecule has 71 heavy (non-hydrogen) atoms. The highest BCUT2D eigenvalue weighted by atomic mass is 16.5. The third-order valence-electron chi connectivity index (χ3n) is 14.6. The average Bonchev–Trinajstić information content (AvgIpc) is 4.03. The summed E-state index contributed by atoms with van der Waals surface area (Å²) < 4.78 is 9.38. The molecule has 350 valence electrons. The van der Waals surface area contributed by atoms with E-state index in [1.54, 1.807) is 0 Å². The van der Waals surface area contributed by atoms with Crippen molar-refractivity contribution in [2.24, 2.45) is 0 Å². The Balaban J connectivity index is 0.994. The van der Waals surface area contributed by atoms with Crippen molar-refractivity contribution in [3.63, 3.8) is 0 Å². The molecule has 10 aromatic rings. The lowest BCUT2D eigenvalue weighted by atomic mass is 9.76. The van der Waals surface area contributed by atoms with Crippen LogP contribution in [0, 0.1) is 0 Å². The molecule has 0 unspecified atom stereocenters. The van der Waals surface area contributed by atoms with Crippen LogP contribution in [-0.4, -0.2) is 16.2 Å². The van der Waals surface area contributed by atoms with Gasteiger partial charge < -0.3 is 14.5 Å². The highest BCUT2D eigenvalue weighted by Gasteiger charge is 2.30. The number of pyridine rings is 1. The van der Waals surface area contributed by atoms with Gasteiger partial charge in [0.15, 0.2) is 0 Å². The molecule has 11 rings (SSSR count). The first-order chi connectivity index (χ1) is 34.3. The van der Waals surface area contributed by atoms with Gasteiger partial charge in [0.25, 0.3) is 0 Å². The van der Waals surface area contributed by atoms with Gasteiger partial charge in [-0.25, -0.2) is 4.98 Å². The molecule has 1 aliphatic rings. The first kappa shape index (κ1) is 45.3. The van der Waals surface area contributed by atoms with E-state index >= 15 is 0 Å². The van der Waals surface area contributed by atoms with Gasteiger partial charge in [-0.2, -0.15) is 0 Å². The minimum Gasteiger partial charge on any atom is -0.457 e. The molecule has 2 aromatic heterocycles. The zero-order chi connectivity index (χ0) is 48.9. The zero-order valence-electron chi connectivity index (χ0n) is 41.8. The topological polar surface area (TPSA) is 33.5 Å². The van der Waals surface area contributed by atoms with Crippen molar-refractivity contribution in [3.05, 3.63) is 253 Å². The molecule has 1 aliphatic heterocycles. The lowest BCUT2D eigenvalue weighted by Crippen LogP contribution is -2.25. The van der Waals surface area contributed by atoms with Gasteiger partial charge >= 0.3 is 0 Å². The highest BCUT2D eigenvalue weighted by Crippen LogP contribution is 2.44. The summed E-state index contributed by atoms with van der Waals surface area (Å²) in [5.41, 5.74) is 14.7. The van der Waals surface area contributed by atoms with E-state index in [0.717, 1.165) is 56.2 Å². The predicted octanol–water partition coefficient (Wildman–Crippen LogP) is 17.0. The van der Waals surface area contributed by atoms with Gasteiger partial charge in [-0.15, -0.1) is 0 Å². The Morgan fingerprint density at radius 3 is 1.62 bits per heavy atom. The van der Waals surface area contributed by atoms with Gasteiger partial charge in [0.1, 0.15) is 17.3 Å². The van der Waals surface area contributed by atoms with Crippen molar-refractivity contribution in [3.8, 4) is 39.6 Å². The number of rotatable bonds is 11. The molecule has 0 aliphatic carbocycles. The van der Waals surface area contributed by atoms with Crippen molar-refractivity contribution < 1.29 is 4.74 Å². The van der Waals surface area contributed by atoms with Crippen molar-refractivity contribution in [1.82, 2.24) is 9.55 Å². The van der Waals surface area contributed by atoms with Gasteiger partial charge in [-0.3, -0.25) is 4.57 Å². The smallest absolute Gasteiger partial charge is 0.137 e. The first-order valence-electron chi connectivity index (χ1n) is 24.8. The number of fused-ring (bicyclic) bond motifs is 3. The van der Waals surface area contributed by atoms with E-state index in [1.165, 1.54) is 44.3 Å². The number of benzene rings is 8. The maximum Gasteiger partial charge on any atom is 0.137 e. The number of hydrogen-bond acceptors (Lipinski definition) is 4. The first-order valence-corrected chi connectivity index (χ1v) is 24.8. The molecule has 0 saturated carbocycles. The van der Waals surface area contributed by atoms with E-state index in [9.17, 15) is 0 Å². The van der Waals surface area contributed by atoms with Crippen LogP contribution in [0.4, 0.5) is 11.4 Å². The van der Waals surface area contributed by atoms with Crippen molar-refractivity contribution in [1.29, 1.82) is 0 Å². The molecular weight excluding hydrogens is 865 g/mol. The maximum atomic E-state index is 7.05. The van der Waals surface area contributed by atoms with Crippen LogP contribution in [0.5, 0.6) is 11.5 Å². The van der Waals surface area contributed by atoms with Crippen LogP contribution in [0.15, 0.2) is 225 Å². The molecule has 0 amide bonds. The largest absolute Gasteiger partial charge is 0.457 e. The molecule has 5 heteroatoms. The summed E-state index contributed by atoms with van der Waals surface area (Å²) in [6.45, 7) is 16.7. The van der Waals surface area contributed by atoms with E-state index < -0.39 is 0 Å². The predicted molar refractivity (Wildman–Crippen MR) is 297 cm³/mol.